The van der Waals surface area contributed by atoms with Gasteiger partial charge in [0.25, 0.3) is 0 Å². The summed E-state index contributed by atoms with van der Waals surface area (Å²) in [6, 6.07) is 2.63. The van der Waals surface area contributed by atoms with Crippen LogP contribution in [0.4, 0.5) is 8.78 Å². The molecule has 0 aromatic heterocycles. The zero-order valence-corrected chi connectivity index (χ0v) is 12.4. The Labute approximate surface area is 119 Å². The van der Waals surface area contributed by atoms with Crippen molar-refractivity contribution >= 4 is 5.57 Å². The molecule has 110 valence electrons. The SMILES string of the molecule is C=C(C)c1cc(F)c(F)cc1C1CCOCC1C(C)C. The van der Waals surface area contributed by atoms with Crippen molar-refractivity contribution in [3.63, 3.8) is 0 Å². The first-order chi connectivity index (χ1) is 9.41. The predicted octanol–water partition coefficient (Wildman–Crippen LogP) is 4.77. The van der Waals surface area contributed by atoms with Crippen molar-refractivity contribution in [2.45, 2.75) is 33.1 Å². The highest BCUT2D eigenvalue weighted by atomic mass is 19.2. The summed E-state index contributed by atoms with van der Waals surface area (Å²) < 4.78 is 32.7. The molecule has 0 saturated carbocycles. The molecule has 1 heterocycles. The first-order valence-electron chi connectivity index (χ1n) is 7.14. The van der Waals surface area contributed by atoms with Crippen molar-refractivity contribution in [3.05, 3.63) is 41.5 Å². The average molecular weight is 280 g/mol. The normalized spacial score (nSPS) is 23.1. The van der Waals surface area contributed by atoms with Crippen LogP contribution in [-0.2, 0) is 4.74 Å². The molecule has 1 aromatic rings. The van der Waals surface area contributed by atoms with E-state index in [2.05, 4.69) is 20.4 Å². The second-order valence-corrected chi connectivity index (χ2v) is 6.01. The van der Waals surface area contributed by atoms with Crippen molar-refractivity contribution in [3.8, 4) is 0 Å². The first-order valence-corrected chi connectivity index (χ1v) is 7.14. The maximum atomic E-state index is 13.7. The van der Waals surface area contributed by atoms with Gasteiger partial charge < -0.3 is 4.74 Å². The number of hydrogen-bond donors (Lipinski definition) is 0. The minimum atomic E-state index is -0.806. The molecule has 1 saturated heterocycles. The number of hydrogen-bond acceptors (Lipinski definition) is 1. The fourth-order valence-electron chi connectivity index (χ4n) is 3.04. The Bertz CT molecular complexity index is 508. The van der Waals surface area contributed by atoms with E-state index in [4.69, 9.17) is 4.74 Å². The van der Waals surface area contributed by atoms with Gasteiger partial charge >= 0.3 is 0 Å². The molecule has 1 fully saturated rings. The smallest absolute Gasteiger partial charge is 0.159 e. The van der Waals surface area contributed by atoms with Gasteiger partial charge in [-0.25, -0.2) is 8.78 Å². The summed E-state index contributed by atoms with van der Waals surface area (Å²) in [7, 11) is 0. The summed E-state index contributed by atoms with van der Waals surface area (Å²) in [6.45, 7) is 11.4. The summed E-state index contributed by atoms with van der Waals surface area (Å²) >= 11 is 0. The Hall–Kier alpha value is -1.22. The lowest BCUT2D eigenvalue weighted by Crippen LogP contribution is -2.30. The van der Waals surface area contributed by atoms with Gasteiger partial charge in [-0.15, -0.1) is 0 Å². The topological polar surface area (TPSA) is 9.23 Å². The van der Waals surface area contributed by atoms with Crippen LogP contribution in [0.15, 0.2) is 18.7 Å². The quantitative estimate of drug-likeness (QED) is 0.774. The monoisotopic (exact) mass is 280 g/mol. The summed E-state index contributed by atoms with van der Waals surface area (Å²) in [6.07, 6.45) is 0.841. The molecule has 1 aliphatic rings. The number of halogens is 2. The molecule has 0 N–H and O–H groups in total. The van der Waals surface area contributed by atoms with Gasteiger partial charge in [-0.3, -0.25) is 0 Å². The molecule has 0 radical (unpaired) electrons. The highest BCUT2D eigenvalue weighted by Gasteiger charge is 2.31. The number of ether oxygens (including phenoxy) is 1. The van der Waals surface area contributed by atoms with Gasteiger partial charge in [0.05, 0.1) is 6.61 Å². The Morgan fingerprint density at radius 1 is 1.30 bits per heavy atom. The van der Waals surface area contributed by atoms with E-state index in [-0.39, 0.29) is 5.92 Å². The second-order valence-electron chi connectivity index (χ2n) is 6.01. The van der Waals surface area contributed by atoms with Crippen LogP contribution >= 0.6 is 0 Å². The highest BCUT2D eigenvalue weighted by Crippen LogP contribution is 2.40. The standard InChI is InChI=1S/C17H22F2O/c1-10(2)13-7-16(18)17(19)8-14(13)12-5-6-20-9-15(12)11(3)4/h7-8,11-12,15H,1,5-6,9H2,2-4H3. The van der Waals surface area contributed by atoms with Gasteiger partial charge in [0.2, 0.25) is 0 Å². The molecule has 1 nitrogen and oxygen atoms in total. The van der Waals surface area contributed by atoms with E-state index in [1.165, 1.54) is 12.1 Å². The van der Waals surface area contributed by atoms with E-state index in [9.17, 15) is 8.78 Å². The van der Waals surface area contributed by atoms with Crippen LogP contribution in [0, 0.1) is 23.5 Å². The molecule has 2 atom stereocenters. The van der Waals surface area contributed by atoms with Crippen LogP contribution in [0.25, 0.3) is 5.57 Å². The molecule has 0 spiro atoms. The van der Waals surface area contributed by atoms with Crippen LogP contribution in [0.5, 0.6) is 0 Å². The molecule has 0 aliphatic carbocycles. The average Bonchev–Trinajstić information content (AvgIpc) is 2.41. The number of benzene rings is 1. The summed E-state index contributed by atoms with van der Waals surface area (Å²) in [5, 5.41) is 0. The van der Waals surface area contributed by atoms with Gasteiger partial charge in [-0.05, 0) is 54.4 Å². The zero-order chi connectivity index (χ0) is 14.9. The van der Waals surface area contributed by atoms with Gasteiger partial charge in [0.15, 0.2) is 11.6 Å². The van der Waals surface area contributed by atoms with Gasteiger partial charge in [-0.2, -0.15) is 0 Å². The third-order valence-corrected chi connectivity index (χ3v) is 4.21. The lowest BCUT2D eigenvalue weighted by atomic mass is 9.75. The van der Waals surface area contributed by atoms with E-state index < -0.39 is 11.6 Å². The van der Waals surface area contributed by atoms with Crippen LogP contribution in [0.2, 0.25) is 0 Å². The van der Waals surface area contributed by atoms with Crippen molar-refractivity contribution in [1.29, 1.82) is 0 Å². The minimum absolute atomic E-state index is 0.200. The van der Waals surface area contributed by atoms with Gasteiger partial charge in [-0.1, -0.05) is 26.0 Å². The van der Waals surface area contributed by atoms with Crippen LogP contribution in [0.1, 0.15) is 44.2 Å². The lowest BCUT2D eigenvalue weighted by molar-refractivity contribution is 0.0218. The van der Waals surface area contributed by atoms with Crippen molar-refractivity contribution in [2.75, 3.05) is 13.2 Å². The molecule has 0 amide bonds. The number of rotatable bonds is 3. The third-order valence-electron chi connectivity index (χ3n) is 4.21. The van der Waals surface area contributed by atoms with E-state index in [0.29, 0.717) is 25.0 Å². The van der Waals surface area contributed by atoms with Crippen molar-refractivity contribution in [2.24, 2.45) is 11.8 Å². The molecule has 3 heteroatoms. The van der Waals surface area contributed by atoms with Crippen molar-refractivity contribution < 1.29 is 13.5 Å². The minimum Gasteiger partial charge on any atom is -0.381 e. The summed E-state index contributed by atoms with van der Waals surface area (Å²) in [5.74, 6) is -0.623. The van der Waals surface area contributed by atoms with E-state index >= 15 is 0 Å². The van der Waals surface area contributed by atoms with Crippen LogP contribution in [0.3, 0.4) is 0 Å². The molecule has 0 bridgehead atoms. The fourth-order valence-corrected chi connectivity index (χ4v) is 3.04. The summed E-state index contributed by atoms with van der Waals surface area (Å²) in [5.41, 5.74) is 2.38. The van der Waals surface area contributed by atoms with E-state index in [0.717, 1.165) is 23.1 Å². The summed E-state index contributed by atoms with van der Waals surface area (Å²) in [4.78, 5) is 0. The molecule has 1 aromatic carbocycles. The predicted molar refractivity (Wildman–Crippen MR) is 77.6 cm³/mol. The third kappa shape index (κ3) is 2.93. The van der Waals surface area contributed by atoms with Crippen molar-refractivity contribution in [1.82, 2.24) is 0 Å². The highest BCUT2D eigenvalue weighted by molar-refractivity contribution is 5.65. The Balaban J connectivity index is 2.49. The Morgan fingerprint density at radius 2 is 1.95 bits per heavy atom. The van der Waals surface area contributed by atoms with Gasteiger partial charge in [0, 0.05) is 6.61 Å². The maximum Gasteiger partial charge on any atom is 0.159 e. The molecule has 1 aliphatic heterocycles. The molecular formula is C17H22F2O. The molecular weight excluding hydrogens is 258 g/mol. The number of allylic oxidation sites excluding steroid dienone is 1. The van der Waals surface area contributed by atoms with Crippen LogP contribution in [-0.4, -0.2) is 13.2 Å². The van der Waals surface area contributed by atoms with E-state index in [1.54, 1.807) is 0 Å². The van der Waals surface area contributed by atoms with Gasteiger partial charge in [0.1, 0.15) is 0 Å². The Kier molecular flexibility index (Phi) is 4.59. The lowest BCUT2D eigenvalue weighted by Gasteiger charge is -2.35. The fraction of sp³-hybridized carbons (Fsp3) is 0.529. The zero-order valence-electron chi connectivity index (χ0n) is 12.4. The second kappa shape index (κ2) is 6.04. The Morgan fingerprint density at radius 3 is 2.55 bits per heavy atom. The first kappa shape index (κ1) is 15.2. The molecule has 2 rings (SSSR count). The maximum absolute atomic E-state index is 13.7. The molecule has 20 heavy (non-hydrogen) atoms. The largest absolute Gasteiger partial charge is 0.381 e. The van der Waals surface area contributed by atoms with E-state index in [1.807, 2.05) is 6.92 Å². The van der Waals surface area contributed by atoms with Crippen LogP contribution < -0.4 is 0 Å². The molecule has 2 unspecified atom stereocenters.